The molecule has 0 aromatic heterocycles. The van der Waals surface area contributed by atoms with E-state index in [2.05, 4.69) is 10.6 Å². The number of ketones is 1. The monoisotopic (exact) mass is 470 g/mol. The van der Waals surface area contributed by atoms with Crippen LogP contribution in [0.1, 0.15) is 35.7 Å². The Balaban J connectivity index is 1.77. The number of benzene rings is 2. The molecular weight excluding hydrogens is 453 g/mol. The molecule has 0 aliphatic carbocycles. The third-order valence-corrected chi connectivity index (χ3v) is 4.39. The Morgan fingerprint density at radius 2 is 1.59 bits per heavy atom. The zero-order valence-corrected chi connectivity index (χ0v) is 17.5. The molecule has 0 aliphatic heterocycles. The standard InChI is InChI=1S/C21H18ClF3N2O5/c1-12(28)13-2-5-15(6-3-13)26-18(29)8-9-20(31)32-11-19(30)27-17-10-14(21(23,24)25)4-7-16(17)22/h2-7,10H,8-9,11H2,1H3,(H,26,29)(H,27,30). The zero-order valence-electron chi connectivity index (χ0n) is 16.7. The number of alkyl halides is 3. The fourth-order valence-electron chi connectivity index (χ4n) is 2.43. The van der Waals surface area contributed by atoms with Crippen molar-refractivity contribution in [2.24, 2.45) is 0 Å². The van der Waals surface area contributed by atoms with Crippen LogP contribution in [0.4, 0.5) is 24.5 Å². The molecule has 0 saturated carbocycles. The summed E-state index contributed by atoms with van der Waals surface area (Å²) in [6, 6.07) is 8.57. The van der Waals surface area contributed by atoms with Crippen molar-refractivity contribution in [1.82, 2.24) is 0 Å². The summed E-state index contributed by atoms with van der Waals surface area (Å²) >= 11 is 5.78. The van der Waals surface area contributed by atoms with Crippen LogP contribution in [-0.4, -0.2) is 30.2 Å². The first-order valence-corrected chi connectivity index (χ1v) is 9.56. The highest BCUT2D eigenvalue weighted by Crippen LogP contribution is 2.33. The van der Waals surface area contributed by atoms with Crippen molar-refractivity contribution in [2.45, 2.75) is 25.9 Å². The van der Waals surface area contributed by atoms with Gasteiger partial charge in [-0.05, 0) is 49.4 Å². The molecule has 0 saturated heterocycles. The molecule has 0 spiro atoms. The highest BCUT2D eigenvalue weighted by Gasteiger charge is 2.31. The van der Waals surface area contributed by atoms with Gasteiger partial charge in [-0.2, -0.15) is 13.2 Å². The van der Waals surface area contributed by atoms with E-state index in [0.29, 0.717) is 17.3 Å². The zero-order chi connectivity index (χ0) is 23.9. The lowest BCUT2D eigenvalue weighted by atomic mass is 10.1. The van der Waals surface area contributed by atoms with E-state index in [0.717, 1.165) is 12.1 Å². The van der Waals surface area contributed by atoms with Crippen LogP contribution in [0.2, 0.25) is 5.02 Å². The molecule has 170 valence electrons. The van der Waals surface area contributed by atoms with E-state index in [9.17, 15) is 32.3 Å². The molecule has 2 N–H and O–H groups in total. The molecule has 0 heterocycles. The van der Waals surface area contributed by atoms with E-state index in [1.807, 2.05) is 0 Å². The van der Waals surface area contributed by atoms with Crippen molar-refractivity contribution in [3.05, 3.63) is 58.6 Å². The molecule has 2 amide bonds. The summed E-state index contributed by atoms with van der Waals surface area (Å²) in [7, 11) is 0. The van der Waals surface area contributed by atoms with Gasteiger partial charge in [-0.25, -0.2) is 0 Å². The molecule has 2 rings (SSSR count). The van der Waals surface area contributed by atoms with E-state index in [1.165, 1.54) is 19.1 Å². The van der Waals surface area contributed by atoms with E-state index in [-0.39, 0.29) is 29.3 Å². The second-order valence-corrected chi connectivity index (χ2v) is 6.99. The number of hydrogen-bond acceptors (Lipinski definition) is 5. The Morgan fingerprint density at radius 3 is 2.19 bits per heavy atom. The number of carbonyl (C=O) groups is 4. The number of amides is 2. The Morgan fingerprint density at radius 1 is 0.938 bits per heavy atom. The fraction of sp³-hybridized carbons (Fsp3) is 0.238. The number of hydrogen-bond donors (Lipinski definition) is 2. The van der Waals surface area contributed by atoms with E-state index in [4.69, 9.17) is 16.3 Å². The summed E-state index contributed by atoms with van der Waals surface area (Å²) in [4.78, 5) is 46.7. The molecule has 7 nitrogen and oxygen atoms in total. The summed E-state index contributed by atoms with van der Waals surface area (Å²) in [5, 5.41) is 4.56. The molecule has 0 atom stereocenters. The van der Waals surface area contributed by atoms with Gasteiger partial charge in [0.15, 0.2) is 12.4 Å². The SMILES string of the molecule is CC(=O)c1ccc(NC(=O)CCC(=O)OCC(=O)Nc2cc(C(F)(F)F)ccc2Cl)cc1. The molecule has 0 unspecified atom stereocenters. The number of Topliss-reactive ketones (excluding diaryl/α,β-unsaturated/α-hetero) is 1. The van der Waals surface area contributed by atoms with Crippen LogP contribution in [0.25, 0.3) is 0 Å². The maximum atomic E-state index is 12.8. The molecule has 2 aromatic rings. The second kappa shape index (κ2) is 10.8. The number of ether oxygens (including phenoxy) is 1. The van der Waals surface area contributed by atoms with Gasteiger partial charge in [0, 0.05) is 17.7 Å². The number of anilines is 2. The molecular formula is C21H18ClF3N2O5. The number of halogens is 4. The van der Waals surface area contributed by atoms with Gasteiger partial charge in [0.05, 0.1) is 22.7 Å². The average molecular weight is 471 g/mol. The number of esters is 1. The van der Waals surface area contributed by atoms with Crippen LogP contribution in [0.15, 0.2) is 42.5 Å². The first-order chi connectivity index (χ1) is 15.0. The summed E-state index contributed by atoms with van der Waals surface area (Å²) in [6.45, 7) is 0.646. The Kier molecular flexibility index (Phi) is 8.36. The van der Waals surface area contributed by atoms with E-state index >= 15 is 0 Å². The lowest BCUT2D eigenvalue weighted by molar-refractivity contribution is -0.147. The minimum Gasteiger partial charge on any atom is -0.456 e. The third-order valence-electron chi connectivity index (χ3n) is 4.06. The molecule has 0 aliphatic rings. The Labute approximate surface area is 185 Å². The normalized spacial score (nSPS) is 10.9. The Bertz CT molecular complexity index is 1020. The van der Waals surface area contributed by atoms with Crippen LogP contribution in [-0.2, 0) is 25.3 Å². The van der Waals surface area contributed by atoms with Gasteiger partial charge in [0.2, 0.25) is 5.91 Å². The quantitative estimate of drug-likeness (QED) is 0.438. The minimum absolute atomic E-state index is 0.120. The van der Waals surface area contributed by atoms with Crippen molar-refractivity contribution in [3.8, 4) is 0 Å². The fourth-order valence-corrected chi connectivity index (χ4v) is 2.59. The molecule has 11 heteroatoms. The van der Waals surface area contributed by atoms with Gasteiger partial charge < -0.3 is 15.4 Å². The molecule has 0 radical (unpaired) electrons. The average Bonchev–Trinajstić information content (AvgIpc) is 2.72. The molecule has 2 aromatic carbocycles. The maximum absolute atomic E-state index is 12.8. The van der Waals surface area contributed by atoms with Crippen molar-refractivity contribution in [3.63, 3.8) is 0 Å². The first kappa shape index (κ1) is 24.9. The minimum atomic E-state index is -4.62. The van der Waals surface area contributed by atoms with Gasteiger partial charge in [-0.15, -0.1) is 0 Å². The molecule has 32 heavy (non-hydrogen) atoms. The molecule has 0 bridgehead atoms. The lowest BCUT2D eigenvalue weighted by Crippen LogP contribution is -2.22. The summed E-state index contributed by atoms with van der Waals surface area (Å²) in [6.07, 6.45) is -5.17. The summed E-state index contributed by atoms with van der Waals surface area (Å²) < 4.78 is 43.0. The lowest BCUT2D eigenvalue weighted by Gasteiger charge is -2.12. The predicted molar refractivity (Wildman–Crippen MR) is 110 cm³/mol. The van der Waals surface area contributed by atoms with Crippen LogP contribution in [0.3, 0.4) is 0 Å². The third kappa shape index (κ3) is 7.69. The maximum Gasteiger partial charge on any atom is 0.416 e. The van der Waals surface area contributed by atoms with Gasteiger partial charge in [-0.1, -0.05) is 11.6 Å². The van der Waals surface area contributed by atoms with E-state index in [1.54, 1.807) is 12.1 Å². The summed E-state index contributed by atoms with van der Waals surface area (Å²) in [5.74, 6) is -2.35. The van der Waals surface area contributed by atoms with Gasteiger partial charge in [-0.3, -0.25) is 19.2 Å². The van der Waals surface area contributed by atoms with Crippen LogP contribution in [0.5, 0.6) is 0 Å². The molecule has 0 fully saturated rings. The Hall–Kier alpha value is -3.40. The van der Waals surface area contributed by atoms with Gasteiger partial charge in [0.1, 0.15) is 0 Å². The second-order valence-electron chi connectivity index (χ2n) is 6.58. The number of nitrogens with one attached hydrogen (secondary N) is 2. The predicted octanol–water partition coefficient (Wildman–Crippen LogP) is 4.46. The van der Waals surface area contributed by atoms with Gasteiger partial charge >= 0.3 is 12.1 Å². The topological polar surface area (TPSA) is 102 Å². The largest absolute Gasteiger partial charge is 0.456 e. The van der Waals surface area contributed by atoms with Crippen LogP contribution >= 0.6 is 11.6 Å². The smallest absolute Gasteiger partial charge is 0.416 e. The summed E-state index contributed by atoms with van der Waals surface area (Å²) in [5.41, 5.74) is -0.365. The highest BCUT2D eigenvalue weighted by atomic mass is 35.5. The number of carbonyl (C=O) groups excluding carboxylic acids is 4. The van der Waals surface area contributed by atoms with Crippen molar-refractivity contribution in [1.29, 1.82) is 0 Å². The van der Waals surface area contributed by atoms with Crippen molar-refractivity contribution >= 4 is 46.5 Å². The van der Waals surface area contributed by atoms with E-state index < -0.39 is 36.1 Å². The number of rotatable bonds is 8. The van der Waals surface area contributed by atoms with Gasteiger partial charge in [0.25, 0.3) is 5.91 Å². The highest BCUT2D eigenvalue weighted by molar-refractivity contribution is 6.33. The van der Waals surface area contributed by atoms with Crippen molar-refractivity contribution < 1.29 is 37.1 Å². The van der Waals surface area contributed by atoms with Crippen LogP contribution < -0.4 is 10.6 Å². The first-order valence-electron chi connectivity index (χ1n) is 9.19. The van der Waals surface area contributed by atoms with Crippen molar-refractivity contribution in [2.75, 3.05) is 17.2 Å². The van der Waals surface area contributed by atoms with Crippen LogP contribution in [0, 0.1) is 0 Å².